The second-order valence-electron chi connectivity index (χ2n) is 6.85. The maximum Gasteiger partial charge on any atom is 0.304 e. The van der Waals surface area contributed by atoms with Gasteiger partial charge in [0.15, 0.2) is 5.82 Å². The molecule has 2 rings (SSSR count). The maximum atomic E-state index is 11.1. The fraction of sp³-hybridized carbons (Fsp3) is 0.765. The van der Waals surface area contributed by atoms with Crippen molar-refractivity contribution in [2.24, 2.45) is 11.7 Å². The summed E-state index contributed by atoms with van der Waals surface area (Å²) in [7, 11) is 0. The van der Waals surface area contributed by atoms with Gasteiger partial charge in [0.25, 0.3) is 0 Å². The number of nitrogens with zero attached hydrogens (tertiary/aromatic N) is 2. The molecule has 8 nitrogen and oxygen atoms in total. The number of aromatic nitrogens is 2. The topological polar surface area (TPSA) is 131 Å². The van der Waals surface area contributed by atoms with Crippen LogP contribution in [0.15, 0.2) is 4.52 Å². The number of primary amides is 1. The molecule has 1 aromatic heterocycles. The molecule has 1 saturated carbocycles. The Balaban J connectivity index is 1.84. The summed E-state index contributed by atoms with van der Waals surface area (Å²) in [6.45, 7) is 0.290. The van der Waals surface area contributed by atoms with Crippen LogP contribution in [0.3, 0.4) is 0 Å². The smallest absolute Gasteiger partial charge is 0.304 e. The number of carboxylic acids is 1. The molecule has 1 aromatic rings. The van der Waals surface area contributed by atoms with E-state index in [1.807, 2.05) is 0 Å². The first kappa shape index (κ1) is 19.4. The number of nitrogens with one attached hydrogen (secondary N) is 1. The van der Waals surface area contributed by atoms with E-state index in [2.05, 4.69) is 15.5 Å². The first-order valence-electron chi connectivity index (χ1n) is 9.08. The van der Waals surface area contributed by atoms with Crippen LogP contribution in [0.2, 0.25) is 0 Å². The number of nitrogens with two attached hydrogens (primary N) is 1. The van der Waals surface area contributed by atoms with E-state index in [-0.39, 0.29) is 25.4 Å². The third-order valence-corrected chi connectivity index (χ3v) is 4.73. The molecule has 1 fully saturated rings. The lowest BCUT2D eigenvalue weighted by Crippen LogP contribution is -2.28. The van der Waals surface area contributed by atoms with E-state index in [0.29, 0.717) is 11.7 Å². The minimum atomic E-state index is -0.866. The van der Waals surface area contributed by atoms with Crippen LogP contribution in [0.1, 0.15) is 75.4 Å². The highest BCUT2D eigenvalue weighted by Crippen LogP contribution is 2.31. The minimum absolute atomic E-state index is 0.0129. The van der Waals surface area contributed by atoms with Crippen molar-refractivity contribution < 1.29 is 19.2 Å². The van der Waals surface area contributed by atoms with Crippen molar-refractivity contribution >= 4 is 11.9 Å². The van der Waals surface area contributed by atoms with Crippen molar-refractivity contribution in [3.8, 4) is 0 Å². The fourth-order valence-corrected chi connectivity index (χ4v) is 3.45. The Morgan fingerprint density at radius 2 is 2.08 bits per heavy atom. The molecule has 0 aliphatic heterocycles. The summed E-state index contributed by atoms with van der Waals surface area (Å²) in [5.74, 6) is -0.0563. The number of carboxylic acid groups (broad SMARTS) is 1. The van der Waals surface area contributed by atoms with Crippen LogP contribution in [0, 0.1) is 5.92 Å². The predicted octanol–water partition coefficient (Wildman–Crippen LogP) is 1.95. The molecule has 0 radical (unpaired) electrons. The zero-order chi connectivity index (χ0) is 18.1. The van der Waals surface area contributed by atoms with Crippen LogP contribution < -0.4 is 11.1 Å². The van der Waals surface area contributed by atoms with E-state index in [1.165, 1.54) is 32.1 Å². The van der Waals surface area contributed by atoms with Gasteiger partial charge in [0, 0.05) is 5.92 Å². The van der Waals surface area contributed by atoms with Crippen LogP contribution in [0.25, 0.3) is 0 Å². The Morgan fingerprint density at radius 3 is 2.76 bits per heavy atom. The first-order chi connectivity index (χ1) is 12.0. The van der Waals surface area contributed by atoms with Crippen LogP contribution in [0.5, 0.6) is 0 Å². The Kier molecular flexibility index (Phi) is 7.84. The average Bonchev–Trinajstić information content (AvgIpc) is 3.03. The third kappa shape index (κ3) is 7.21. The van der Waals surface area contributed by atoms with Crippen molar-refractivity contribution in [1.29, 1.82) is 0 Å². The van der Waals surface area contributed by atoms with Gasteiger partial charge in [0.05, 0.1) is 19.5 Å². The molecular weight excluding hydrogens is 324 g/mol. The van der Waals surface area contributed by atoms with E-state index >= 15 is 0 Å². The highest BCUT2D eigenvalue weighted by molar-refractivity contribution is 5.75. The van der Waals surface area contributed by atoms with E-state index in [0.717, 1.165) is 25.2 Å². The molecule has 0 bridgehead atoms. The van der Waals surface area contributed by atoms with Crippen LogP contribution >= 0.6 is 0 Å². The number of amides is 1. The van der Waals surface area contributed by atoms with Gasteiger partial charge < -0.3 is 20.7 Å². The largest absolute Gasteiger partial charge is 0.481 e. The van der Waals surface area contributed by atoms with Gasteiger partial charge in [0.2, 0.25) is 11.8 Å². The molecule has 1 aliphatic carbocycles. The third-order valence-electron chi connectivity index (χ3n) is 4.73. The Hall–Kier alpha value is -1.96. The molecule has 0 unspecified atom stereocenters. The predicted molar refractivity (Wildman–Crippen MR) is 90.6 cm³/mol. The average molecular weight is 352 g/mol. The second kappa shape index (κ2) is 10.1. The molecule has 140 valence electrons. The van der Waals surface area contributed by atoms with Crippen molar-refractivity contribution in [1.82, 2.24) is 15.5 Å². The normalized spacial score (nSPS) is 16.6. The number of aliphatic carboxylic acids is 1. The quantitative estimate of drug-likeness (QED) is 0.554. The lowest BCUT2D eigenvalue weighted by molar-refractivity contribution is -0.137. The molecule has 1 heterocycles. The van der Waals surface area contributed by atoms with E-state index in [1.54, 1.807) is 0 Å². The lowest BCUT2D eigenvalue weighted by atomic mass is 9.84. The molecule has 1 atom stereocenters. The highest BCUT2D eigenvalue weighted by Gasteiger charge is 2.23. The standard InChI is InChI=1S/C17H28N4O4/c18-14(22)10-19-11-15-20-17(25-21-15)13(9-16(23)24)8-4-7-12-5-2-1-3-6-12/h12-13,19H,1-11H2,(H2,18,22)(H,23,24)/t13-/m1/s1. The number of carbonyl (C=O) groups excluding carboxylic acids is 1. The van der Waals surface area contributed by atoms with Crippen LogP contribution in [-0.4, -0.2) is 33.7 Å². The van der Waals surface area contributed by atoms with Gasteiger partial charge in [-0.15, -0.1) is 0 Å². The summed E-state index contributed by atoms with van der Waals surface area (Å²) in [4.78, 5) is 26.1. The lowest BCUT2D eigenvalue weighted by Gasteiger charge is -2.21. The zero-order valence-electron chi connectivity index (χ0n) is 14.6. The summed E-state index contributed by atoms with van der Waals surface area (Å²) in [6, 6.07) is 0. The Morgan fingerprint density at radius 1 is 1.32 bits per heavy atom. The van der Waals surface area contributed by atoms with Crippen LogP contribution in [0.4, 0.5) is 0 Å². The summed E-state index contributed by atoms with van der Waals surface area (Å²) >= 11 is 0. The summed E-state index contributed by atoms with van der Waals surface area (Å²) < 4.78 is 5.25. The van der Waals surface area contributed by atoms with Gasteiger partial charge in [-0.05, 0) is 12.3 Å². The van der Waals surface area contributed by atoms with Gasteiger partial charge in [-0.1, -0.05) is 50.1 Å². The first-order valence-corrected chi connectivity index (χ1v) is 9.08. The number of hydrogen-bond acceptors (Lipinski definition) is 6. The summed E-state index contributed by atoms with van der Waals surface area (Å²) in [5.41, 5.74) is 5.05. The minimum Gasteiger partial charge on any atom is -0.481 e. The number of hydrogen-bond donors (Lipinski definition) is 3. The SMILES string of the molecule is NC(=O)CNCc1noc([C@H](CCCC2CCCCC2)CC(=O)O)n1. The van der Waals surface area contributed by atoms with Gasteiger partial charge in [-0.25, -0.2) is 0 Å². The number of rotatable bonds is 11. The molecule has 1 aliphatic rings. The van der Waals surface area contributed by atoms with Gasteiger partial charge >= 0.3 is 5.97 Å². The fourth-order valence-electron chi connectivity index (χ4n) is 3.45. The highest BCUT2D eigenvalue weighted by atomic mass is 16.5. The van der Waals surface area contributed by atoms with Gasteiger partial charge in [-0.3, -0.25) is 9.59 Å². The molecule has 25 heavy (non-hydrogen) atoms. The van der Waals surface area contributed by atoms with Gasteiger partial charge in [0.1, 0.15) is 0 Å². The van der Waals surface area contributed by atoms with Gasteiger partial charge in [-0.2, -0.15) is 4.98 Å². The second-order valence-corrected chi connectivity index (χ2v) is 6.85. The summed E-state index contributed by atoms with van der Waals surface area (Å²) in [5, 5.41) is 15.8. The van der Waals surface area contributed by atoms with E-state index < -0.39 is 11.9 Å². The molecule has 4 N–H and O–H groups in total. The maximum absolute atomic E-state index is 11.1. The molecular formula is C17H28N4O4. The van der Waals surface area contributed by atoms with Crippen molar-refractivity contribution in [3.63, 3.8) is 0 Å². The summed E-state index contributed by atoms with van der Waals surface area (Å²) in [6.07, 6.45) is 9.38. The Labute approximate surface area is 147 Å². The Bertz CT molecular complexity index is 555. The van der Waals surface area contributed by atoms with Crippen molar-refractivity contribution in [2.45, 2.75) is 70.3 Å². The van der Waals surface area contributed by atoms with E-state index in [9.17, 15) is 9.59 Å². The molecule has 8 heteroatoms. The molecule has 1 amide bonds. The monoisotopic (exact) mass is 352 g/mol. The number of carbonyl (C=O) groups is 2. The molecule has 0 saturated heterocycles. The molecule has 0 spiro atoms. The van der Waals surface area contributed by atoms with Crippen LogP contribution in [-0.2, 0) is 16.1 Å². The zero-order valence-corrected chi connectivity index (χ0v) is 14.6. The molecule has 0 aromatic carbocycles. The van der Waals surface area contributed by atoms with Crippen molar-refractivity contribution in [2.75, 3.05) is 6.54 Å². The van der Waals surface area contributed by atoms with Crippen molar-refractivity contribution in [3.05, 3.63) is 11.7 Å². The van der Waals surface area contributed by atoms with E-state index in [4.69, 9.17) is 15.4 Å².